The Bertz CT molecular complexity index is 574. The molecule has 0 bridgehead atoms. The van der Waals surface area contributed by atoms with E-state index in [0.29, 0.717) is 24.6 Å². The largest absolute Gasteiger partial charge is 0.495 e. The molecule has 0 saturated carbocycles. The first-order valence-corrected chi connectivity index (χ1v) is 7.97. The summed E-state index contributed by atoms with van der Waals surface area (Å²) in [7, 11) is -2.11. The van der Waals surface area contributed by atoms with Gasteiger partial charge in [0.25, 0.3) is 0 Å². The summed E-state index contributed by atoms with van der Waals surface area (Å²) in [4.78, 5) is 0.148. The van der Waals surface area contributed by atoms with Gasteiger partial charge in [-0.25, -0.2) is 13.1 Å². The van der Waals surface area contributed by atoms with Crippen molar-refractivity contribution in [2.24, 2.45) is 5.92 Å². The minimum Gasteiger partial charge on any atom is -0.495 e. The van der Waals surface area contributed by atoms with Crippen molar-refractivity contribution < 1.29 is 17.9 Å². The molecule has 2 rings (SSSR count). The lowest BCUT2D eigenvalue weighted by Gasteiger charge is -2.15. The van der Waals surface area contributed by atoms with Crippen molar-refractivity contribution in [2.45, 2.75) is 24.3 Å². The summed E-state index contributed by atoms with van der Waals surface area (Å²) < 4.78 is 37.5. The number of nitrogens with two attached hydrogens (primary N) is 1. The van der Waals surface area contributed by atoms with Crippen molar-refractivity contribution in [3.8, 4) is 5.75 Å². The fourth-order valence-corrected chi connectivity index (χ4v) is 3.31. The summed E-state index contributed by atoms with van der Waals surface area (Å²) in [5.41, 5.74) is 6.08. The molecule has 112 valence electrons. The zero-order chi connectivity index (χ0) is 14.8. The number of sulfonamides is 1. The van der Waals surface area contributed by atoms with E-state index in [1.807, 2.05) is 6.92 Å². The fraction of sp³-hybridized carbons (Fsp3) is 0.538. The standard InChI is InChI=1S/C13H20N2O4S/c1-9-10(5-6-19-9)8-15-20(16,17)11-3-4-12(14)13(7-11)18-2/h3-4,7,9-10,15H,5-6,8,14H2,1-2H3. The summed E-state index contributed by atoms with van der Waals surface area (Å²) >= 11 is 0. The monoisotopic (exact) mass is 300 g/mol. The van der Waals surface area contributed by atoms with Crippen LogP contribution in [0.5, 0.6) is 5.75 Å². The minimum absolute atomic E-state index is 0.0821. The van der Waals surface area contributed by atoms with Gasteiger partial charge in [-0.2, -0.15) is 0 Å². The number of rotatable bonds is 5. The number of nitrogen functional groups attached to an aromatic ring is 1. The number of hydrogen-bond acceptors (Lipinski definition) is 5. The highest BCUT2D eigenvalue weighted by Crippen LogP contribution is 2.25. The van der Waals surface area contributed by atoms with Gasteiger partial charge in [0.15, 0.2) is 0 Å². The van der Waals surface area contributed by atoms with Crippen molar-refractivity contribution in [1.82, 2.24) is 4.72 Å². The van der Waals surface area contributed by atoms with Crippen molar-refractivity contribution in [2.75, 3.05) is 26.0 Å². The highest BCUT2D eigenvalue weighted by atomic mass is 32.2. The number of methoxy groups -OCH3 is 1. The van der Waals surface area contributed by atoms with Crippen LogP contribution in [0, 0.1) is 5.92 Å². The Morgan fingerprint density at radius 2 is 2.25 bits per heavy atom. The minimum atomic E-state index is -3.56. The van der Waals surface area contributed by atoms with Gasteiger partial charge >= 0.3 is 0 Å². The lowest BCUT2D eigenvalue weighted by atomic mass is 10.0. The molecule has 1 aromatic carbocycles. The molecule has 1 aliphatic heterocycles. The molecule has 0 aromatic heterocycles. The van der Waals surface area contributed by atoms with Crippen LogP contribution < -0.4 is 15.2 Å². The van der Waals surface area contributed by atoms with E-state index < -0.39 is 10.0 Å². The molecule has 2 atom stereocenters. The smallest absolute Gasteiger partial charge is 0.240 e. The molecule has 1 saturated heterocycles. The Morgan fingerprint density at radius 1 is 1.50 bits per heavy atom. The molecule has 7 heteroatoms. The van der Waals surface area contributed by atoms with Crippen LogP contribution in [0.3, 0.4) is 0 Å². The van der Waals surface area contributed by atoms with Crippen LogP contribution in [-0.4, -0.2) is 34.8 Å². The van der Waals surface area contributed by atoms with E-state index >= 15 is 0 Å². The molecule has 0 aliphatic carbocycles. The SMILES string of the molecule is COc1cc(S(=O)(=O)NCC2CCOC2C)ccc1N. The Balaban J connectivity index is 2.10. The average Bonchev–Trinajstić information content (AvgIpc) is 2.82. The Morgan fingerprint density at radius 3 is 2.85 bits per heavy atom. The van der Waals surface area contributed by atoms with Crippen molar-refractivity contribution in [3.05, 3.63) is 18.2 Å². The van der Waals surface area contributed by atoms with Gasteiger partial charge in [0.2, 0.25) is 10.0 Å². The van der Waals surface area contributed by atoms with Crippen molar-refractivity contribution in [3.63, 3.8) is 0 Å². The zero-order valence-electron chi connectivity index (χ0n) is 11.6. The normalized spacial score (nSPS) is 22.9. The molecule has 3 N–H and O–H groups in total. The van der Waals surface area contributed by atoms with Gasteiger partial charge in [-0.15, -0.1) is 0 Å². The van der Waals surface area contributed by atoms with Crippen LogP contribution in [0.2, 0.25) is 0 Å². The predicted molar refractivity (Wildman–Crippen MR) is 76.1 cm³/mol. The molecule has 0 amide bonds. The maximum atomic E-state index is 12.2. The van der Waals surface area contributed by atoms with Gasteiger partial charge in [-0.1, -0.05) is 0 Å². The number of ether oxygens (including phenoxy) is 2. The average molecular weight is 300 g/mol. The summed E-state index contributed by atoms with van der Waals surface area (Å²) in [6.45, 7) is 3.01. The van der Waals surface area contributed by atoms with E-state index in [1.165, 1.54) is 25.3 Å². The van der Waals surface area contributed by atoms with E-state index in [1.54, 1.807) is 0 Å². The molecule has 6 nitrogen and oxygen atoms in total. The number of nitrogens with one attached hydrogen (secondary N) is 1. The van der Waals surface area contributed by atoms with E-state index in [-0.39, 0.29) is 16.9 Å². The molecule has 1 fully saturated rings. The summed E-state index contributed by atoms with van der Waals surface area (Å²) in [6, 6.07) is 4.41. The Hall–Kier alpha value is -1.31. The van der Waals surface area contributed by atoms with Gasteiger partial charge in [-0.05, 0) is 25.5 Å². The molecule has 1 aliphatic rings. The van der Waals surface area contributed by atoms with E-state index in [9.17, 15) is 8.42 Å². The summed E-state index contributed by atoms with van der Waals surface area (Å²) in [5, 5.41) is 0. The second-order valence-electron chi connectivity index (χ2n) is 4.88. The zero-order valence-corrected chi connectivity index (χ0v) is 12.4. The lowest BCUT2D eigenvalue weighted by molar-refractivity contribution is 0.107. The third-order valence-corrected chi connectivity index (χ3v) is 5.01. The quantitative estimate of drug-likeness (QED) is 0.791. The highest BCUT2D eigenvalue weighted by Gasteiger charge is 2.26. The van der Waals surface area contributed by atoms with Crippen LogP contribution in [0.15, 0.2) is 23.1 Å². The van der Waals surface area contributed by atoms with Gasteiger partial charge < -0.3 is 15.2 Å². The predicted octanol–water partition coefficient (Wildman–Crippen LogP) is 0.981. The van der Waals surface area contributed by atoms with Crippen LogP contribution >= 0.6 is 0 Å². The third-order valence-electron chi connectivity index (χ3n) is 3.58. The fourth-order valence-electron chi connectivity index (χ4n) is 2.20. The van der Waals surface area contributed by atoms with Gasteiger partial charge in [-0.3, -0.25) is 0 Å². The first kappa shape index (κ1) is 15.1. The second-order valence-corrected chi connectivity index (χ2v) is 6.65. The topological polar surface area (TPSA) is 90.7 Å². The van der Waals surface area contributed by atoms with Crippen molar-refractivity contribution >= 4 is 15.7 Å². The van der Waals surface area contributed by atoms with E-state index in [4.69, 9.17) is 15.2 Å². The van der Waals surface area contributed by atoms with E-state index in [0.717, 1.165) is 6.42 Å². The molecule has 0 spiro atoms. The number of hydrogen-bond donors (Lipinski definition) is 2. The Kier molecular flexibility index (Phi) is 4.52. The molecule has 1 heterocycles. The van der Waals surface area contributed by atoms with Gasteiger partial charge in [0.1, 0.15) is 5.75 Å². The van der Waals surface area contributed by atoms with Gasteiger partial charge in [0.05, 0.1) is 23.8 Å². The summed E-state index contributed by atoms with van der Waals surface area (Å²) in [6.07, 6.45) is 0.952. The highest BCUT2D eigenvalue weighted by molar-refractivity contribution is 7.89. The third kappa shape index (κ3) is 3.23. The second kappa shape index (κ2) is 5.99. The van der Waals surface area contributed by atoms with E-state index in [2.05, 4.69) is 4.72 Å². The number of benzene rings is 1. The maximum absolute atomic E-state index is 12.2. The molecule has 0 radical (unpaired) electrons. The molecular weight excluding hydrogens is 280 g/mol. The number of anilines is 1. The molecule has 20 heavy (non-hydrogen) atoms. The lowest BCUT2D eigenvalue weighted by Crippen LogP contribution is -2.32. The maximum Gasteiger partial charge on any atom is 0.240 e. The van der Waals surface area contributed by atoms with Gasteiger partial charge in [0, 0.05) is 25.1 Å². The van der Waals surface area contributed by atoms with Crippen molar-refractivity contribution in [1.29, 1.82) is 0 Å². The molecule has 2 unspecified atom stereocenters. The summed E-state index contributed by atoms with van der Waals surface area (Å²) in [5.74, 6) is 0.561. The first-order valence-electron chi connectivity index (χ1n) is 6.49. The van der Waals surface area contributed by atoms with Crippen LogP contribution in [0.4, 0.5) is 5.69 Å². The molecule has 1 aromatic rings. The Labute approximate surface area is 119 Å². The molecular formula is C13H20N2O4S. The van der Waals surface area contributed by atoms with Crippen LogP contribution in [0.25, 0.3) is 0 Å². The first-order chi connectivity index (χ1) is 9.44. The van der Waals surface area contributed by atoms with Crippen LogP contribution in [-0.2, 0) is 14.8 Å². The van der Waals surface area contributed by atoms with Crippen LogP contribution in [0.1, 0.15) is 13.3 Å².